The molecule has 8 heteroatoms. The molecule has 0 unspecified atom stereocenters. The van der Waals surface area contributed by atoms with Crippen molar-refractivity contribution in [1.29, 1.82) is 0 Å². The zero-order valence-corrected chi connectivity index (χ0v) is 10.5. The Bertz CT molecular complexity index is 343. The summed E-state index contributed by atoms with van der Waals surface area (Å²) in [6.45, 7) is 2.96. The van der Waals surface area contributed by atoms with Gasteiger partial charge in [-0.1, -0.05) is 12.2 Å². The lowest BCUT2D eigenvalue weighted by Gasteiger charge is -2.24. The zero-order valence-electron chi connectivity index (χ0n) is 9.73. The summed E-state index contributed by atoms with van der Waals surface area (Å²) < 4.78 is 0. The summed E-state index contributed by atoms with van der Waals surface area (Å²) in [7, 11) is 0. The summed E-state index contributed by atoms with van der Waals surface area (Å²) in [4.78, 5) is 35.0. The molecule has 0 aromatic carbocycles. The maximum absolute atomic E-state index is 11.7. The smallest absolute Gasteiger partial charge is 0.312 e. The van der Waals surface area contributed by atoms with Crippen LogP contribution in [0.1, 0.15) is 13.8 Å². The summed E-state index contributed by atoms with van der Waals surface area (Å²) in [6.07, 6.45) is 0. The molecule has 3 amide bonds. The number of carbonyl (C=O) groups is 3. The highest BCUT2D eigenvalue weighted by molar-refractivity contribution is 7.80. The molecule has 0 heterocycles. The average molecular weight is 260 g/mol. The number of rotatable bonds is 5. The van der Waals surface area contributed by atoms with Crippen LogP contribution in [0.4, 0.5) is 0 Å². The number of nitrogens with two attached hydrogens (primary N) is 2. The van der Waals surface area contributed by atoms with Gasteiger partial charge < -0.3 is 21.7 Å². The van der Waals surface area contributed by atoms with Crippen LogP contribution in [0.15, 0.2) is 0 Å². The van der Waals surface area contributed by atoms with Crippen molar-refractivity contribution in [1.82, 2.24) is 10.2 Å². The molecule has 0 rings (SSSR count). The van der Waals surface area contributed by atoms with Crippen LogP contribution < -0.4 is 16.8 Å². The van der Waals surface area contributed by atoms with Crippen molar-refractivity contribution >= 4 is 34.9 Å². The molecule has 0 aliphatic heterocycles. The first-order chi connectivity index (χ1) is 7.75. The van der Waals surface area contributed by atoms with Gasteiger partial charge in [0.1, 0.15) is 6.54 Å². The first-order valence-corrected chi connectivity index (χ1v) is 5.32. The Kier molecular flexibility index (Phi) is 6.11. The van der Waals surface area contributed by atoms with Gasteiger partial charge in [0.05, 0.1) is 11.5 Å². The van der Waals surface area contributed by atoms with Crippen LogP contribution in [0.25, 0.3) is 0 Å². The second kappa shape index (κ2) is 6.79. The van der Waals surface area contributed by atoms with E-state index in [-0.39, 0.29) is 24.1 Å². The first-order valence-electron chi connectivity index (χ1n) is 4.91. The number of amides is 3. The van der Waals surface area contributed by atoms with Gasteiger partial charge >= 0.3 is 11.8 Å². The van der Waals surface area contributed by atoms with Gasteiger partial charge in [-0.15, -0.1) is 0 Å². The van der Waals surface area contributed by atoms with Gasteiger partial charge in [-0.05, 0) is 13.8 Å². The summed E-state index contributed by atoms with van der Waals surface area (Å²) in [5.41, 5.74) is 10.2. The minimum atomic E-state index is -0.868. The number of primary amides is 1. The monoisotopic (exact) mass is 260 g/mol. The molecule has 0 fully saturated rings. The Morgan fingerprint density at radius 1 is 1.29 bits per heavy atom. The van der Waals surface area contributed by atoms with Crippen LogP contribution in [-0.4, -0.2) is 46.7 Å². The van der Waals surface area contributed by atoms with E-state index < -0.39 is 17.7 Å². The standard InChI is InChI=1S/C9H16N4O3S/c1-5(2)13(4-6(10)14)9(16)8(15)12-3-7(11)17/h5H,3-4H2,1-2H3,(H2,10,14)(H2,11,17)(H,12,15). The second-order valence-electron chi connectivity index (χ2n) is 3.64. The van der Waals surface area contributed by atoms with Gasteiger partial charge in [0, 0.05) is 6.04 Å². The molecule has 0 aliphatic carbocycles. The Morgan fingerprint density at radius 3 is 2.18 bits per heavy atom. The van der Waals surface area contributed by atoms with E-state index in [0.717, 1.165) is 4.90 Å². The number of nitrogens with one attached hydrogen (secondary N) is 1. The zero-order chi connectivity index (χ0) is 13.6. The largest absolute Gasteiger partial charge is 0.392 e. The molecule has 0 saturated heterocycles. The van der Waals surface area contributed by atoms with Gasteiger partial charge in [-0.3, -0.25) is 14.4 Å². The van der Waals surface area contributed by atoms with Gasteiger partial charge in [0.15, 0.2) is 0 Å². The van der Waals surface area contributed by atoms with Gasteiger partial charge in [0.25, 0.3) is 0 Å². The summed E-state index contributed by atoms with van der Waals surface area (Å²) in [6, 6.07) is -0.314. The molecule has 0 aromatic rings. The minimum absolute atomic E-state index is 0.0668. The van der Waals surface area contributed by atoms with Crippen LogP contribution in [-0.2, 0) is 14.4 Å². The number of nitrogens with zero attached hydrogens (tertiary/aromatic N) is 1. The van der Waals surface area contributed by atoms with E-state index in [0.29, 0.717) is 0 Å². The molecule has 0 radical (unpaired) electrons. The fourth-order valence-corrected chi connectivity index (χ4v) is 1.10. The SMILES string of the molecule is CC(C)N(CC(N)=O)C(=O)C(=O)NCC(N)=S. The molecule has 0 saturated carbocycles. The number of hydrogen-bond acceptors (Lipinski definition) is 4. The number of carbonyl (C=O) groups excluding carboxylic acids is 3. The molecule has 7 nitrogen and oxygen atoms in total. The van der Waals surface area contributed by atoms with Crippen molar-refractivity contribution < 1.29 is 14.4 Å². The van der Waals surface area contributed by atoms with E-state index in [1.807, 2.05) is 0 Å². The second-order valence-corrected chi connectivity index (χ2v) is 4.17. The van der Waals surface area contributed by atoms with Gasteiger partial charge in [-0.25, -0.2) is 0 Å². The molecule has 0 aliphatic rings. The molecule has 0 atom stereocenters. The number of hydrogen-bond donors (Lipinski definition) is 3. The lowest BCUT2D eigenvalue weighted by molar-refractivity contribution is -0.148. The normalized spacial score (nSPS) is 9.82. The van der Waals surface area contributed by atoms with Crippen molar-refractivity contribution in [3.8, 4) is 0 Å². The molecule has 5 N–H and O–H groups in total. The van der Waals surface area contributed by atoms with Gasteiger partial charge in [0.2, 0.25) is 5.91 Å². The first kappa shape index (κ1) is 15.3. The van der Waals surface area contributed by atoms with Crippen LogP contribution in [0.2, 0.25) is 0 Å². The Hall–Kier alpha value is -1.70. The van der Waals surface area contributed by atoms with Crippen LogP contribution in [0.3, 0.4) is 0 Å². The van der Waals surface area contributed by atoms with E-state index in [1.54, 1.807) is 13.8 Å². The summed E-state index contributed by atoms with van der Waals surface area (Å²) in [5.74, 6) is -2.39. The third-order valence-corrected chi connectivity index (χ3v) is 1.97. The third kappa shape index (κ3) is 5.81. The Balaban J connectivity index is 4.55. The van der Waals surface area contributed by atoms with E-state index in [2.05, 4.69) is 17.5 Å². The molecular formula is C9H16N4O3S. The van der Waals surface area contributed by atoms with Crippen LogP contribution in [0.5, 0.6) is 0 Å². The molecule has 17 heavy (non-hydrogen) atoms. The van der Waals surface area contributed by atoms with E-state index in [9.17, 15) is 14.4 Å². The van der Waals surface area contributed by atoms with Gasteiger partial charge in [-0.2, -0.15) is 0 Å². The predicted molar refractivity (Wildman–Crippen MR) is 65.8 cm³/mol. The lowest BCUT2D eigenvalue weighted by Crippen LogP contribution is -2.50. The van der Waals surface area contributed by atoms with Crippen molar-refractivity contribution in [3.63, 3.8) is 0 Å². The van der Waals surface area contributed by atoms with Crippen molar-refractivity contribution in [2.45, 2.75) is 19.9 Å². The van der Waals surface area contributed by atoms with Crippen molar-refractivity contribution in [2.75, 3.05) is 13.1 Å². The summed E-state index contributed by atoms with van der Waals surface area (Å²) in [5, 5.41) is 2.24. The fraction of sp³-hybridized carbons (Fsp3) is 0.556. The summed E-state index contributed by atoms with van der Waals surface area (Å²) >= 11 is 4.55. The molecule has 0 bridgehead atoms. The van der Waals surface area contributed by atoms with Crippen LogP contribution in [0, 0.1) is 0 Å². The lowest BCUT2D eigenvalue weighted by atomic mass is 10.3. The Morgan fingerprint density at radius 2 is 1.82 bits per heavy atom. The third-order valence-electron chi connectivity index (χ3n) is 1.83. The average Bonchev–Trinajstić information content (AvgIpc) is 2.20. The predicted octanol–water partition coefficient (Wildman–Crippen LogP) is -1.89. The Labute approximate surface area is 104 Å². The topological polar surface area (TPSA) is 119 Å². The van der Waals surface area contributed by atoms with E-state index in [4.69, 9.17) is 11.5 Å². The molecule has 0 aromatic heterocycles. The maximum Gasteiger partial charge on any atom is 0.312 e. The van der Waals surface area contributed by atoms with Crippen molar-refractivity contribution in [3.05, 3.63) is 0 Å². The molecular weight excluding hydrogens is 244 g/mol. The maximum atomic E-state index is 11.7. The minimum Gasteiger partial charge on any atom is -0.392 e. The number of thiocarbonyl (C=S) groups is 1. The van der Waals surface area contributed by atoms with E-state index in [1.165, 1.54) is 0 Å². The van der Waals surface area contributed by atoms with E-state index >= 15 is 0 Å². The quantitative estimate of drug-likeness (QED) is 0.394. The highest BCUT2D eigenvalue weighted by Crippen LogP contribution is 1.98. The molecule has 0 spiro atoms. The highest BCUT2D eigenvalue weighted by atomic mass is 32.1. The van der Waals surface area contributed by atoms with Crippen molar-refractivity contribution in [2.24, 2.45) is 11.5 Å². The highest BCUT2D eigenvalue weighted by Gasteiger charge is 2.25. The fourth-order valence-electron chi connectivity index (χ4n) is 1.03. The van der Waals surface area contributed by atoms with Crippen LogP contribution >= 0.6 is 12.2 Å². The molecule has 96 valence electrons.